The molecule has 0 aromatic carbocycles. The van der Waals surface area contributed by atoms with Crippen LogP contribution in [0.25, 0.3) is 0 Å². The van der Waals surface area contributed by atoms with Crippen molar-refractivity contribution in [1.82, 2.24) is 0 Å². The van der Waals surface area contributed by atoms with Crippen LogP contribution in [0.2, 0.25) is 0 Å². The van der Waals surface area contributed by atoms with E-state index in [0.717, 1.165) is 77.0 Å². The fourth-order valence-corrected chi connectivity index (χ4v) is 6.62. The monoisotopic (exact) mass is 887 g/mol. The molecule has 0 aromatic heterocycles. The van der Waals surface area contributed by atoms with Gasteiger partial charge in [-0.3, -0.25) is 14.4 Å². The average molecular weight is 887 g/mol. The van der Waals surface area contributed by atoms with Crippen molar-refractivity contribution >= 4 is 17.9 Å². The fraction of sp³-hybridized carbons (Fsp3) is 0.638. The normalized spacial score (nSPS) is 13.0. The van der Waals surface area contributed by atoms with Gasteiger partial charge >= 0.3 is 17.9 Å². The van der Waals surface area contributed by atoms with Gasteiger partial charge in [-0.2, -0.15) is 0 Å². The first-order valence-electron chi connectivity index (χ1n) is 25.9. The van der Waals surface area contributed by atoms with Crippen LogP contribution in [-0.4, -0.2) is 37.2 Å². The van der Waals surface area contributed by atoms with Crippen LogP contribution in [0.3, 0.4) is 0 Å². The van der Waals surface area contributed by atoms with Crippen molar-refractivity contribution < 1.29 is 28.6 Å². The van der Waals surface area contributed by atoms with E-state index >= 15 is 0 Å². The van der Waals surface area contributed by atoms with Crippen molar-refractivity contribution in [3.63, 3.8) is 0 Å². The quantitative estimate of drug-likeness (QED) is 0.0262. The summed E-state index contributed by atoms with van der Waals surface area (Å²) in [5.41, 5.74) is 0. The standard InChI is InChI=1S/C58H94O6/c1-4-7-10-13-16-19-22-25-27-29-31-33-36-39-42-45-48-51-57(60)63-54-55(53-62-56(59)50-47-44-41-38-35-32-24-21-18-15-12-9-6-3)64-58(61)52-49-46-43-40-37-34-30-28-26-23-20-17-14-11-8-5-2/h8,11,17,20,25-28,31-35,37,39,41-42,44,55H,4-7,9-10,12-16,18-19,21-24,29-30,36,38,40,43,45-54H2,1-3H3/b11-8+,20-17+,27-25+,28-26+,33-31+,35-32+,37-34+,42-39+,44-41+. The van der Waals surface area contributed by atoms with Gasteiger partial charge in [0.1, 0.15) is 13.2 Å². The smallest absolute Gasteiger partial charge is 0.306 e. The third-order valence-electron chi connectivity index (χ3n) is 10.5. The molecular formula is C58H94O6. The van der Waals surface area contributed by atoms with Gasteiger partial charge in [-0.15, -0.1) is 0 Å². The number of carbonyl (C=O) groups excluding carboxylic acids is 3. The van der Waals surface area contributed by atoms with Gasteiger partial charge in [0.15, 0.2) is 6.10 Å². The number of hydrogen-bond acceptors (Lipinski definition) is 6. The Morgan fingerprint density at radius 3 is 1.09 bits per heavy atom. The van der Waals surface area contributed by atoms with Gasteiger partial charge in [-0.05, 0) is 109 Å². The third-order valence-corrected chi connectivity index (χ3v) is 10.5. The Bertz CT molecular complexity index is 1340. The molecule has 0 saturated heterocycles. The first-order chi connectivity index (χ1) is 31.5. The van der Waals surface area contributed by atoms with E-state index in [1.54, 1.807) is 0 Å². The Kier molecular flexibility index (Phi) is 48.5. The van der Waals surface area contributed by atoms with Gasteiger partial charge in [0.25, 0.3) is 0 Å². The molecule has 0 bridgehead atoms. The van der Waals surface area contributed by atoms with Crippen molar-refractivity contribution in [1.29, 1.82) is 0 Å². The predicted octanol–water partition coefficient (Wildman–Crippen LogP) is 17.1. The maximum absolute atomic E-state index is 12.8. The second-order valence-electron chi connectivity index (χ2n) is 16.7. The van der Waals surface area contributed by atoms with Gasteiger partial charge in [0.05, 0.1) is 0 Å². The molecule has 0 saturated carbocycles. The van der Waals surface area contributed by atoms with E-state index in [0.29, 0.717) is 19.3 Å². The highest BCUT2D eigenvalue weighted by molar-refractivity contribution is 5.71. The largest absolute Gasteiger partial charge is 0.462 e. The summed E-state index contributed by atoms with van der Waals surface area (Å²) in [6, 6.07) is 0. The molecule has 6 heteroatoms. The highest BCUT2D eigenvalue weighted by Gasteiger charge is 2.19. The molecule has 1 unspecified atom stereocenters. The minimum absolute atomic E-state index is 0.136. The van der Waals surface area contributed by atoms with E-state index in [4.69, 9.17) is 14.2 Å². The minimum Gasteiger partial charge on any atom is -0.462 e. The highest BCUT2D eigenvalue weighted by Crippen LogP contribution is 2.11. The third kappa shape index (κ3) is 49.1. The van der Waals surface area contributed by atoms with Gasteiger partial charge in [-0.1, -0.05) is 201 Å². The molecule has 64 heavy (non-hydrogen) atoms. The Labute approximate surface area is 393 Å². The van der Waals surface area contributed by atoms with Crippen molar-refractivity contribution in [3.8, 4) is 0 Å². The van der Waals surface area contributed by atoms with Gasteiger partial charge < -0.3 is 14.2 Å². The molecule has 0 N–H and O–H groups in total. The highest BCUT2D eigenvalue weighted by atomic mass is 16.6. The first kappa shape index (κ1) is 60.1. The molecule has 0 radical (unpaired) electrons. The van der Waals surface area contributed by atoms with Crippen molar-refractivity contribution in [3.05, 3.63) is 109 Å². The molecule has 0 heterocycles. The lowest BCUT2D eigenvalue weighted by Crippen LogP contribution is -2.30. The summed E-state index contributed by atoms with van der Waals surface area (Å²) in [5, 5.41) is 0. The number of ether oxygens (including phenoxy) is 3. The molecule has 6 nitrogen and oxygen atoms in total. The van der Waals surface area contributed by atoms with E-state index in [-0.39, 0.29) is 50.4 Å². The van der Waals surface area contributed by atoms with Crippen LogP contribution in [-0.2, 0) is 28.6 Å². The predicted molar refractivity (Wildman–Crippen MR) is 274 cm³/mol. The Morgan fingerprint density at radius 1 is 0.328 bits per heavy atom. The summed E-state index contributed by atoms with van der Waals surface area (Å²) >= 11 is 0. The van der Waals surface area contributed by atoms with E-state index in [9.17, 15) is 14.4 Å². The van der Waals surface area contributed by atoms with Gasteiger partial charge in [0, 0.05) is 19.3 Å². The molecule has 0 aliphatic rings. The summed E-state index contributed by atoms with van der Waals surface area (Å²) in [4.78, 5) is 37.9. The molecule has 1 atom stereocenters. The van der Waals surface area contributed by atoms with Crippen molar-refractivity contribution in [2.24, 2.45) is 0 Å². The number of allylic oxidation sites excluding steroid dienone is 18. The molecule has 362 valence electrons. The topological polar surface area (TPSA) is 78.9 Å². The molecular weight excluding hydrogens is 793 g/mol. The molecule has 0 amide bonds. The maximum atomic E-state index is 12.8. The van der Waals surface area contributed by atoms with Crippen LogP contribution in [0.1, 0.15) is 220 Å². The van der Waals surface area contributed by atoms with Crippen LogP contribution < -0.4 is 0 Å². The Balaban J connectivity index is 4.59. The van der Waals surface area contributed by atoms with Crippen LogP contribution in [0.4, 0.5) is 0 Å². The summed E-state index contributed by atoms with van der Waals surface area (Å²) in [6.07, 6.45) is 69.5. The van der Waals surface area contributed by atoms with E-state index in [1.807, 2.05) is 6.08 Å². The van der Waals surface area contributed by atoms with Crippen molar-refractivity contribution in [2.75, 3.05) is 13.2 Å². The Hall–Kier alpha value is -3.93. The van der Waals surface area contributed by atoms with E-state index < -0.39 is 6.10 Å². The molecule has 0 fully saturated rings. The van der Waals surface area contributed by atoms with Crippen LogP contribution >= 0.6 is 0 Å². The summed E-state index contributed by atoms with van der Waals surface area (Å²) in [5.74, 6) is -1.09. The summed E-state index contributed by atoms with van der Waals surface area (Å²) < 4.78 is 16.7. The molecule has 0 rings (SSSR count). The Morgan fingerprint density at radius 2 is 0.656 bits per heavy atom. The molecule has 0 spiro atoms. The molecule has 0 aliphatic carbocycles. The maximum Gasteiger partial charge on any atom is 0.306 e. The van der Waals surface area contributed by atoms with Crippen LogP contribution in [0, 0.1) is 0 Å². The lowest BCUT2D eigenvalue weighted by molar-refractivity contribution is -0.166. The van der Waals surface area contributed by atoms with E-state index in [1.165, 1.54) is 83.5 Å². The number of carbonyl (C=O) groups is 3. The lowest BCUT2D eigenvalue weighted by Gasteiger charge is -2.18. The number of hydrogen-bond donors (Lipinski definition) is 0. The lowest BCUT2D eigenvalue weighted by atomic mass is 10.1. The number of rotatable bonds is 45. The SMILES string of the molecule is CC/C=C/C/C=C/C/C=C/C/C=C/CCCCCC(=O)OC(COC(=O)CC/C=C/C/C=C/CCCCCCCC)COC(=O)CCC/C=C/C/C=C/C/C=C/CCCCCCCC. The van der Waals surface area contributed by atoms with E-state index in [2.05, 4.69) is 124 Å². The fourth-order valence-electron chi connectivity index (χ4n) is 6.62. The summed E-state index contributed by atoms with van der Waals surface area (Å²) in [7, 11) is 0. The molecule has 0 aliphatic heterocycles. The zero-order chi connectivity index (χ0) is 46.5. The van der Waals surface area contributed by atoms with Gasteiger partial charge in [-0.25, -0.2) is 0 Å². The van der Waals surface area contributed by atoms with Crippen LogP contribution in [0.15, 0.2) is 109 Å². The second-order valence-corrected chi connectivity index (χ2v) is 16.7. The number of unbranched alkanes of at least 4 members (excludes halogenated alkanes) is 16. The zero-order valence-electron chi connectivity index (χ0n) is 41.3. The zero-order valence-corrected chi connectivity index (χ0v) is 41.3. The summed E-state index contributed by atoms with van der Waals surface area (Å²) in [6.45, 7) is 6.37. The van der Waals surface area contributed by atoms with Gasteiger partial charge in [0.2, 0.25) is 0 Å². The molecule has 0 aromatic rings. The second kappa shape index (κ2) is 51.7. The van der Waals surface area contributed by atoms with Crippen LogP contribution in [0.5, 0.6) is 0 Å². The minimum atomic E-state index is -0.839. The first-order valence-corrected chi connectivity index (χ1v) is 25.9. The number of esters is 3. The average Bonchev–Trinajstić information content (AvgIpc) is 3.29. The van der Waals surface area contributed by atoms with Crippen molar-refractivity contribution in [2.45, 2.75) is 226 Å².